The van der Waals surface area contributed by atoms with Crippen molar-refractivity contribution in [3.8, 4) is 0 Å². The molecule has 0 fully saturated rings. The third-order valence-electron chi connectivity index (χ3n) is 2.30. The van der Waals surface area contributed by atoms with E-state index in [0.29, 0.717) is 12.1 Å². The number of carbonyl (C=O) groups is 2. The monoisotopic (exact) mass is 293 g/mol. The van der Waals surface area contributed by atoms with Gasteiger partial charge < -0.3 is 16.8 Å². The summed E-state index contributed by atoms with van der Waals surface area (Å²) in [4.78, 5) is 22.0. The van der Waals surface area contributed by atoms with Gasteiger partial charge in [-0.1, -0.05) is 0 Å². The van der Waals surface area contributed by atoms with Gasteiger partial charge in [0, 0.05) is 5.69 Å². The lowest BCUT2D eigenvalue weighted by Gasteiger charge is -2.13. The third-order valence-corrected chi connectivity index (χ3v) is 2.30. The molecule has 0 spiro atoms. The lowest BCUT2D eigenvalue weighted by molar-refractivity contribution is -0.140. The number of carbonyl (C=O) groups excluding carboxylic acids is 2. The molecule has 0 saturated heterocycles. The number of halogens is 4. The summed E-state index contributed by atoms with van der Waals surface area (Å²) in [6.45, 7) is 0. The Bertz CT molecular complexity index is 531. The molecule has 20 heavy (non-hydrogen) atoms. The third kappa shape index (κ3) is 4.19. The molecule has 1 atom stereocenters. The molecule has 0 aliphatic carbocycles. The van der Waals surface area contributed by atoms with E-state index in [1.807, 2.05) is 5.32 Å². The van der Waals surface area contributed by atoms with Crippen LogP contribution in [0.15, 0.2) is 18.2 Å². The number of benzene rings is 1. The number of alkyl halides is 3. The first-order chi connectivity index (χ1) is 9.11. The summed E-state index contributed by atoms with van der Waals surface area (Å²) >= 11 is 0. The molecule has 1 unspecified atom stereocenters. The zero-order valence-electron chi connectivity index (χ0n) is 10.00. The summed E-state index contributed by atoms with van der Waals surface area (Å²) in [5.41, 5.74) is 8.34. The van der Waals surface area contributed by atoms with E-state index < -0.39 is 41.8 Å². The molecular formula is C11H11F4N3O2. The highest BCUT2D eigenvalue weighted by Crippen LogP contribution is 2.32. The van der Waals surface area contributed by atoms with Gasteiger partial charge in [0.1, 0.15) is 5.82 Å². The molecule has 0 aromatic heterocycles. The maximum atomic E-state index is 13.0. The molecule has 0 aliphatic rings. The predicted octanol–water partition coefficient (Wildman–Crippen LogP) is 0.986. The van der Waals surface area contributed by atoms with Crippen LogP contribution in [0.1, 0.15) is 12.0 Å². The molecule has 0 bridgehead atoms. The van der Waals surface area contributed by atoms with Crippen molar-refractivity contribution >= 4 is 17.5 Å². The van der Waals surface area contributed by atoms with Crippen LogP contribution >= 0.6 is 0 Å². The van der Waals surface area contributed by atoms with Crippen LogP contribution in [0.5, 0.6) is 0 Å². The number of nitrogens with two attached hydrogens (primary N) is 2. The summed E-state index contributed by atoms with van der Waals surface area (Å²) in [7, 11) is 0. The molecule has 0 heterocycles. The van der Waals surface area contributed by atoms with Crippen molar-refractivity contribution in [3.63, 3.8) is 0 Å². The van der Waals surface area contributed by atoms with E-state index in [1.165, 1.54) is 0 Å². The molecule has 110 valence electrons. The summed E-state index contributed by atoms with van der Waals surface area (Å²) in [5, 5.41) is 2.05. The number of primary amides is 1. The van der Waals surface area contributed by atoms with Gasteiger partial charge in [0.2, 0.25) is 11.8 Å². The molecule has 5 nitrogen and oxygen atoms in total. The van der Waals surface area contributed by atoms with E-state index in [-0.39, 0.29) is 5.69 Å². The van der Waals surface area contributed by atoms with Crippen molar-refractivity contribution in [2.45, 2.75) is 18.6 Å². The van der Waals surface area contributed by atoms with Crippen molar-refractivity contribution in [1.29, 1.82) is 0 Å². The Morgan fingerprint density at radius 3 is 2.40 bits per heavy atom. The van der Waals surface area contributed by atoms with Crippen LogP contribution in [0.2, 0.25) is 0 Å². The zero-order valence-corrected chi connectivity index (χ0v) is 10.00. The minimum absolute atomic E-state index is 0.288. The molecule has 0 radical (unpaired) electrons. The molecule has 0 aliphatic heterocycles. The average Bonchev–Trinajstić information content (AvgIpc) is 2.29. The van der Waals surface area contributed by atoms with E-state index in [4.69, 9.17) is 11.5 Å². The van der Waals surface area contributed by atoms with Gasteiger partial charge in [0.05, 0.1) is 18.0 Å². The number of hydrogen-bond donors (Lipinski definition) is 3. The maximum Gasteiger partial charge on any atom is 0.419 e. The smallest absolute Gasteiger partial charge is 0.370 e. The first-order valence-electron chi connectivity index (χ1n) is 5.32. The first kappa shape index (κ1) is 15.9. The highest BCUT2D eigenvalue weighted by atomic mass is 19.4. The van der Waals surface area contributed by atoms with Gasteiger partial charge >= 0.3 is 6.18 Å². The molecule has 0 saturated carbocycles. The SMILES string of the molecule is NC(=O)CC(N)C(=O)Nc1ccc(F)c(C(F)(F)F)c1. The number of amides is 2. The zero-order chi connectivity index (χ0) is 15.5. The summed E-state index contributed by atoms with van der Waals surface area (Å²) in [5.74, 6) is -3.19. The van der Waals surface area contributed by atoms with Gasteiger partial charge in [-0.05, 0) is 18.2 Å². The van der Waals surface area contributed by atoms with Gasteiger partial charge in [0.25, 0.3) is 0 Å². The van der Waals surface area contributed by atoms with Crippen molar-refractivity contribution in [2.75, 3.05) is 5.32 Å². The molecule has 1 rings (SSSR count). The second-order valence-corrected chi connectivity index (χ2v) is 3.96. The molecule has 9 heteroatoms. The van der Waals surface area contributed by atoms with Gasteiger partial charge in [-0.2, -0.15) is 13.2 Å². The number of hydrogen-bond acceptors (Lipinski definition) is 3. The van der Waals surface area contributed by atoms with E-state index in [1.54, 1.807) is 0 Å². The van der Waals surface area contributed by atoms with Crippen molar-refractivity contribution in [1.82, 2.24) is 0 Å². The summed E-state index contributed by atoms with van der Waals surface area (Å²) < 4.78 is 50.4. The van der Waals surface area contributed by atoms with Crippen LogP contribution < -0.4 is 16.8 Å². The molecule has 5 N–H and O–H groups in total. The fourth-order valence-corrected chi connectivity index (χ4v) is 1.36. The highest BCUT2D eigenvalue weighted by Gasteiger charge is 2.34. The van der Waals surface area contributed by atoms with Gasteiger partial charge in [-0.3, -0.25) is 9.59 Å². The second-order valence-electron chi connectivity index (χ2n) is 3.96. The fraction of sp³-hybridized carbons (Fsp3) is 0.273. The minimum atomic E-state index is -4.89. The van der Waals surface area contributed by atoms with Crippen molar-refractivity contribution in [2.24, 2.45) is 11.5 Å². The Kier molecular flexibility index (Phi) is 4.66. The van der Waals surface area contributed by atoms with E-state index in [0.717, 1.165) is 6.07 Å². The summed E-state index contributed by atoms with van der Waals surface area (Å²) in [6, 6.07) is 0.647. The maximum absolute atomic E-state index is 13.0. The number of nitrogens with one attached hydrogen (secondary N) is 1. The van der Waals surface area contributed by atoms with Crippen LogP contribution in [-0.4, -0.2) is 17.9 Å². The standard InChI is InChI=1S/C11H11F4N3O2/c12-7-2-1-5(3-6(7)11(13,14)15)18-10(20)8(16)4-9(17)19/h1-3,8H,4,16H2,(H2,17,19)(H,18,20). The van der Waals surface area contributed by atoms with Crippen molar-refractivity contribution in [3.05, 3.63) is 29.6 Å². The number of rotatable bonds is 4. The topological polar surface area (TPSA) is 98.2 Å². The fourth-order valence-electron chi connectivity index (χ4n) is 1.36. The molecule has 1 aromatic carbocycles. The van der Waals surface area contributed by atoms with Crippen LogP contribution in [0, 0.1) is 5.82 Å². The Labute approximate surface area is 110 Å². The van der Waals surface area contributed by atoms with Crippen molar-refractivity contribution < 1.29 is 27.2 Å². The normalized spacial score (nSPS) is 12.8. The van der Waals surface area contributed by atoms with E-state index in [2.05, 4.69) is 0 Å². The van der Waals surface area contributed by atoms with Gasteiger partial charge in [-0.25, -0.2) is 4.39 Å². The summed E-state index contributed by atoms with van der Waals surface area (Å²) in [6.07, 6.45) is -5.35. The van der Waals surface area contributed by atoms with E-state index >= 15 is 0 Å². The highest BCUT2D eigenvalue weighted by molar-refractivity contribution is 5.97. The van der Waals surface area contributed by atoms with Crippen LogP contribution in [0.25, 0.3) is 0 Å². The minimum Gasteiger partial charge on any atom is -0.370 e. The van der Waals surface area contributed by atoms with Crippen LogP contribution in [0.3, 0.4) is 0 Å². The van der Waals surface area contributed by atoms with Crippen LogP contribution in [-0.2, 0) is 15.8 Å². The van der Waals surface area contributed by atoms with Crippen LogP contribution in [0.4, 0.5) is 23.2 Å². The number of anilines is 1. The van der Waals surface area contributed by atoms with E-state index in [9.17, 15) is 27.2 Å². The van der Waals surface area contributed by atoms with Gasteiger partial charge in [-0.15, -0.1) is 0 Å². The second kappa shape index (κ2) is 5.87. The lowest BCUT2D eigenvalue weighted by atomic mass is 10.1. The van der Waals surface area contributed by atoms with Gasteiger partial charge in [0.15, 0.2) is 0 Å². The molecular weight excluding hydrogens is 282 g/mol. The Hall–Kier alpha value is -2.16. The quantitative estimate of drug-likeness (QED) is 0.722. The first-order valence-corrected chi connectivity index (χ1v) is 5.32. The largest absolute Gasteiger partial charge is 0.419 e. The average molecular weight is 293 g/mol. The Morgan fingerprint density at radius 1 is 1.30 bits per heavy atom. The Morgan fingerprint density at radius 2 is 1.90 bits per heavy atom. The molecule has 1 aromatic rings. The molecule has 2 amide bonds. The lowest BCUT2D eigenvalue weighted by Crippen LogP contribution is -2.39. The predicted molar refractivity (Wildman–Crippen MR) is 61.8 cm³/mol. The Balaban J connectivity index is 2.89.